The lowest BCUT2D eigenvalue weighted by Gasteiger charge is -2.27. The van der Waals surface area contributed by atoms with Gasteiger partial charge in [-0.2, -0.15) is 5.26 Å². The molecule has 0 saturated heterocycles. The van der Waals surface area contributed by atoms with Crippen LogP contribution in [0.1, 0.15) is 37.0 Å². The SMILES string of the molecule is CC(C)(c1ccc(OCC2=CC=C(S(C)(=O)=O)C2)cc1)c1cc(Cl)c(OCCCl)c(C#N)c1. The minimum absolute atomic E-state index is 0.267. The number of sulfone groups is 1. The van der Waals surface area contributed by atoms with Crippen LogP contribution in [-0.4, -0.2) is 33.8 Å². The van der Waals surface area contributed by atoms with Gasteiger partial charge in [0.1, 0.15) is 25.0 Å². The molecule has 2 aromatic rings. The van der Waals surface area contributed by atoms with Gasteiger partial charge < -0.3 is 9.47 Å². The summed E-state index contributed by atoms with van der Waals surface area (Å²) in [7, 11) is -3.17. The molecule has 0 heterocycles. The Morgan fingerprint density at radius 3 is 2.36 bits per heavy atom. The Morgan fingerprint density at radius 2 is 1.79 bits per heavy atom. The van der Waals surface area contributed by atoms with Crippen molar-refractivity contribution in [3.05, 3.63) is 80.7 Å². The Hall–Kier alpha value is -2.46. The fraction of sp³-hybridized carbons (Fsp3) is 0.320. The van der Waals surface area contributed by atoms with Crippen molar-refractivity contribution >= 4 is 33.0 Å². The van der Waals surface area contributed by atoms with Crippen molar-refractivity contribution in [3.8, 4) is 17.6 Å². The van der Waals surface area contributed by atoms with E-state index in [0.29, 0.717) is 45.9 Å². The molecule has 3 rings (SSSR count). The van der Waals surface area contributed by atoms with Crippen LogP contribution in [0.25, 0.3) is 0 Å². The summed E-state index contributed by atoms with van der Waals surface area (Å²) in [6.07, 6.45) is 5.03. The second-order valence-corrected chi connectivity index (χ2v) is 11.2. The zero-order chi connectivity index (χ0) is 24.2. The highest BCUT2D eigenvalue weighted by Gasteiger charge is 2.26. The number of hydrogen-bond donors (Lipinski definition) is 0. The maximum atomic E-state index is 11.6. The van der Waals surface area contributed by atoms with Gasteiger partial charge in [-0.3, -0.25) is 0 Å². The van der Waals surface area contributed by atoms with Gasteiger partial charge >= 0.3 is 0 Å². The van der Waals surface area contributed by atoms with E-state index < -0.39 is 15.3 Å². The van der Waals surface area contributed by atoms with Crippen molar-refractivity contribution in [3.63, 3.8) is 0 Å². The molecule has 33 heavy (non-hydrogen) atoms. The number of benzene rings is 2. The summed E-state index contributed by atoms with van der Waals surface area (Å²) >= 11 is 12.1. The minimum Gasteiger partial charge on any atom is -0.489 e. The van der Waals surface area contributed by atoms with Crippen molar-refractivity contribution in [1.82, 2.24) is 0 Å². The molecule has 0 atom stereocenters. The van der Waals surface area contributed by atoms with E-state index >= 15 is 0 Å². The van der Waals surface area contributed by atoms with E-state index in [4.69, 9.17) is 32.7 Å². The van der Waals surface area contributed by atoms with Crippen LogP contribution in [0.5, 0.6) is 11.5 Å². The van der Waals surface area contributed by atoms with Gasteiger partial charge in [0.25, 0.3) is 0 Å². The van der Waals surface area contributed by atoms with Crippen LogP contribution in [0.3, 0.4) is 0 Å². The van der Waals surface area contributed by atoms with E-state index in [1.807, 2.05) is 30.3 Å². The highest BCUT2D eigenvalue weighted by Crippen LogP contribution is 2.38. The zero-order valence-electron chi connectivity index (χ0n) is 18.7. The Balaban J connectivity index is 1.72. The lowest BCUT2D eigenvalue weighted by molar-refractivity contribution is 0.341. The Bertz CT molecular complexity index is 1240. The third-order valence-electron chi connectivity index (χ3n) is 5.59. The first-order valence-corrected chi connectivity index (χ1v) is 13.1. The molecule has 0 unspecified atom stereocenters. The van der Waals surface area contributed by atoms with Gasteiger partial charge in [-0.1, -0.05) is 43.7 Å². The molecular weight excluding hydrogens is 481 g/mol. The van der Waals surface area contributed by atoms with Crippen molar-refractivity contribution < 1.29 is 17.9 Å². The van der Waals surface area contributed by atoms with Gasteiger partial charge in [0.05, 0.1) is 16.5 Å². The summed E-state index contributed by atoms with van der Waals surface area (Å²) in [6.45, 7) is 4.69. The molecule has 174 valence electrons. The van der Waals surface area contributed by atoms with Crippen molar-refractivity contribution in [2.45, 2.75) is 25.7 Å². The molecule has 0 spiro atoms. The van der Waals surface area contributed by atoms with Gasteiger partial charge in [-0.25, -0.2) is 8.42 Å². The normalized spacial score (nSPS) is 13.8. The van der Waals surface area contributed by atoms with Gasteiger partial charge in [0.15, 0.2) is 15.6 Å². The van der Waals surface area contributed by atoms with Crippen molar-refractivity contribution in [2.75, 3.05) is 25.3 Å². The van der Waals surface area contributed by atoms with Gasteiger partial charge in [-0.05, 0) is 47.0 Å². The summed E-state index contributed by atoms with van der Waals surface area (Å²) < 4.78 is 34.7. The standard InChI is InChI=1S/C25H25Cl2NO4S/c1-25(2,20-13-18(15-28)24(23(27)14-20)31-11-10-26)19-5-7-21(8-6-19)32-16-17-4-9-22(12-17)33(3,29)30/h4-9,13-14H,10-12,16H2,1-3H3. The first kappa shape index (κ1) is 25.2. The summed E-state index contributed by atoms with van der Waals surface area (Å²) in [5, 5.41) is 9.94. The minimum atomic E-state index is -3.17. The first-order valence-electron chi connectivity index (χ1n) is 10.3. The average molecular weight is 506 g/mol. The highest BCUT2D eigenvalue weighted by molar-refractivity contribution is 7.94. The predicted molar refractivity (Wildman–Crippen MR) is 132 cm³/mol. The fourth-order valence-electron chi connectivity index (χ4n) is 3.54. The Kier molecular flexibility index (Phi) is 7.79. The number of halogens is 2. The molecule has 2 aromatic carbocycles. The maximum Gasteiger partial charge on any atom is 0.172 e. The molecule has 1 aliphatic rings. The van der Waals surface area contributed by atoms with E-state index in [9.17, 15) is 13.7 Å². The lowest BCUT2D eigenvalue weighted by Crippen LogP contribution is -2.19. The lowest BCUT2D eigenvalue weighted by atomic mass is 9.77. The van der Waals surface area contributed by atoms with Crippen molar-refractivity contribution in [1.29, 1.82) is 5.26 Å². The topological polar surface area (TPSA) is 76.4 Å². The maximum absolute atomic E-state index is 11.6. The number of rotatable bonds is 9. The summed E-state index contributed by atoms with van der Waals surface area (Å²) in [5.41, 5.74) is 2.75. The molecule has 5 nitrogen and oxygen atoms in total. The number of ether oxygens (including phenoxy) is 2. The van der Waals surface area contributed by atoms with Crippen LogP contribution < -0.4 is 9.47 Å². The van der Waals surface area contributed by atoms with Crippen LogP contribution in [0, 0.1) is 11.3 Å². The number of nitrogens with zero attached hydrogens (tertiary/aromatic N) is 1. The quantitative estimate of drug-likeness (QED) is 0.403. The Labute approximate surface area is 205 Å². The molecule has 0 fully saturated rings. The highest BCUT2D eigenvalue weighted by atomic mass is 35.5. The molecule has 1 aliphatic carbocycles. The van der Waals surface area contributed by atoms with E-state index in [0.717, 1.165) is 16.7 Å². The van der Waals surface area contributed by atoms with E-state index in [1.54, 1.807) is 18.2 Å². The van der Waals surface area contributed by atoms with Gasteiger partial charge in [0, 0.05) is 23.0 Å². The molecule has 0 N–H and O–H groups in total. The zero-order valence-corrected chi connectivity index (χ0v) is 21.0. The molecule has 8 heteroatoms. The number of allylic oxidation sites excluding steroid dienone is 3. The fourth-order valence-corrected chi connectivity index (χ4v) is 4.66. The van der Waals surface area contributed by atoms with Crippen LogP contribution in [0.15, 0.2) is 59.0 Å². The molecular formula is C25H25Cl2NO4S. The second kappa shape index (κ2) is 10.2. The number of nitriles is 1. The smallest absolute Gasteiger partial charge is 0.172 e. The van der Waals surface area contributed by atoms with Crippen LogP contribution >= 0.6 is 23.2 Å². The van der Waals surface area contributed by atoms with Gasteiger partial charge in [-0.15, -0.1) is 11.6 Å². The molecule has 0 radical (unpaired) electrons. The summed E-state index contributed by atoms with van der Waals surface area (Å²) in [5.74, 6) is 1.33. The molecule has 0 aliphatic heterocycles. The van der Waals surface area contributed by atoms with E-state index in [1.165, 1.54) is 6.26 Å². The third-order valence-corrected chi connectivity index (χ3v) is 7.26. The summed E-state index contributed by atoms with van der Waals surface area (Å²) in [4.78, 5) is 0.410. The second-order valence-electron chi connectivity index (χ2n) is 8.33. The summed E-state index contributed by atoms with van der Waals surface area (Å²) in [6, 6.07) is 13.5. The predicted octanol–water partition coefficient (Wildman–Crippen LogP) is 5.79. The van der Waals surface area contributed by atoms with Crippen molar-refractivity contribution in [2.24, 2.45) is 0 Å². The largest absolute Gasteiger partial charge is 0.489 e. The molecule has 0 amide bonds. The number of hydrogen-bond acceptors (Lipinski definition) is 5. The molecule has 0 aromatic heterocycles. The number of alkyl halides is 1. The monoisotopic (exact) mass is 505 g/mol. The Morgan fingerprint density at radius 1 is 1.09 bits per heavy atom. The van der Waals surface area contributed by atoms with E-state index in [2.05, 4.69) is 19.9 Å². The van der Waals surface area contributed by atoms with Crippen LogP contribution in [0.2, 0.25) is 5.02 Å². The van der Waals surface area contributed by atoms with Gasteiger partial charge in [0.2, 0.25) is 0 Å². The molecule has 0 bridgehead atoms. The average Bonchev–Trinajstić information content (AvgIpc) is 3.26. The first-order chi connectivity index (χ1) is 15.6. The van der Waals surface area contributed by atoms with Crippen LogP contribution in [-0.2, 0) is 15.3 Å². The molecule has 0 saturated carbocycles. The van der Waals surface area contributed by atoms with E-state index in [-0.39, 0.29) is 6.61 Å². The van der Waals surface area contributed by atoms with Crippen LogP contribution in [0.4, 0.5) is 0 Å². The third kappa shape index (κ3) is 5.92.